The lowest BCUT2D eigenvalue weighted by Crippen LogP contribution is -2.36. The van der Waals surface area contributed by atoms with Crippen LogP contribution in [0.3, 0.4) is 0 Å². The maximum absolute atomic E-state index is 13.0. The molecule has 5 rings (SSSR count). The van der Waals surface area contributed by atoms with Gasteiger partial charge in [0.25, 0.3) is 5.56 Å². The van der Waals surface area contributed by atoms with Crippen LogP contribution in [0, 0.1) is 0 Å². The van der Waals surface area contributed by atoms with Crippen molar-refractivity contribution < 1.29 is 9.53 Å². The lowest BCUT2D eigenvalue weighted by Gasteiger charge is -2.29. The van der Waals surface area contributed by atoms with E-state index in [1.54, 1.807) is 0 Å². The van der Waals surface area contributed by atoms with Gasteiger partial charge in [0.15, 0.2) is 16.3 Å². The van der Waals surface area contributed by atoms with Gasteiger partial charge >= 0.3 is 0 Å². The molecule has 1 atom stereocenters. The molecule has 4 heterocycles. The molecule has 156 valence electrons. The van der Waals surface area contributed by atoms with E-state index in [1.165, 1.54) is 23.7 Å². The number of rotatable bonds is 5. The van der Waals surface area contributed by atoms with Crippen molar-refractivity contribution in [3.63, 3.8) is 0 Å². The van der Waals surface area contributed by atoms with Gasteiger partial charge in [0.1, 0.15) is 0 Å². The number of benzene rings is 1. The van der Waals surface area contributed by atoms with Crippen molar-refractivity contribution in [2.45, 2.75) is 43.5 Å². The first-order chi connectivity index (χ1) is 14.7. The molecule has 0 bridgehead atoms. The topological polar surface area (TPSA) is 93.1 Å². The molecule has 2 aliphatic heterocycles. The minimum atomic E-state index is -0.274. The maximum atomic E-state index is 13.0. The molecule has 1 aromatic carbocycles. The van der Waals surface area contributed by atoms with Gasteiger partial charge in [0.05, 0.1) is 24.7 Å². The Balaban J connectivity index is 1.39. The number of aromatic amines is 1. The third-order valence-electron chi connectivity index (χ3n) is 5.65. The lowest BCUT2D eigenvalue weighted by molar-refractivity contribution is -0.116. The second-order valence-corrected chi connectivity index (χ2v) is 8.55. The number of carbonyl (C=O) groups is 1. The first-order valence-electron chi connectivity index (χ1n) is 10.3. The minimum Gasteiger partial charge on any atom is -0.376 e. The van der Waals surface area contributed by atoms with Gasteiger partial charge in [-0.15, -0.1) is 0 Å². The van der Waals surface area contributed by atoms with Gasteiger partial charge in [-0.25, -0.2) is 9.97 Å². The SMILES string of the molecule is O=C(CSc1nc2c(=O)[nH]cnc2n1CC1CCCO1)N1CCCc2ccccc21. The van der Waals surface area contributed by atoms with Gasteiger partial charge in [-0.1, -0.05) is 30.0 Å². The number of ether oxygens (including phenoxy) is 1. The zero-order valence-electron chi connectivity index (χ0n) is 16.5. The number of para-hydroxylation sites is 1. The van der Waals surface area contributed by atoms with Crippen molar-refractivity contribution >= 4 is 34.5 Å². The number of nitrogens with one attached hydrogen (secondary N) is 1. The highest BCUT2D eigenvalue weighted by Crippen LogP contribution is 2.29. The van der Waals surface area contributed by atoms with E-state index in [0.717, 1.165) is 44.5 Å². The van der Waals surface area contributed by atoms with Crippen LogP contribution in [-0.4, -0.2) is 50.4 Å². The molecular weight excluding hydrogens is 402 g/mol. The summed E-state index contributed by atoms with van der Waals surface area (Å²) in [6.45, 7) is 2.06. The average Bonchev–Trinajstić information content (AvgIpc) is 3.41. The highest BCUT2D eigenvalue weighted by atomic mass is 32.2. The number of imidazole rings is 1. The third kappa shape index (κ3) is 3.63. The summed E-state index contributed by atoms with van der Waals surface area (Å²) in [5.41, 5.74) is 2.77. The smallest absolute Gasteiger partial charge is 0.278 e. The monoisotopic (exact) mass is 425 g/mol. The summed E-state index contributed by atoms with van der Waals surface area (Å²) in [6.07, 6.45) is 5.43. The van der Waals surface area contributed by atoms with E-state index in [4.69, 9.17) is 4.74 Å². The number of hydrogen-bond acceptors (Lipinski definition) is 6. The summed E-state index contributed by atoms with van der Waals surface area (Å²) in [5, 5.41) is 0.628. The maximum Gasteiger partial charge on any atom is 0.278 e. The molecule has 1 amide bonds. The Morgan fingerprint density at radius 1 is 1.30 bits per heavy atom. The number of carbonyl (C=O) groups excluding carboxylic acids is 1. The number of H-pyrrole nitrogens is 1. The molecule has 2 aliphatic rings. The van der Waals surface area contributed by atoms with Crippen molar-refractivity contribution in [3.8, 4) is 0 Å². The molecule has 0 aliphatic carbocycles. The Hall–Kier alpha value is -2.65. The van der Waals surface area contributed by atoms with Crippen molar-refractivity contribution in [1.29, 1.82) is 0 Å². The Kier molecular flexibility index (Phi) is 5.30. The van der Waals surface area contributed by atoms with Crippen molar-refractivity contribution in [2.75, 3.05) is 23.8 Å². The van der Waals surface area contributed by atoms with Crippen molar-refractivity contribution in [2.24, 2.45) is 0 Å². The number of anilines is 1. The number of fused-ring (bicyclic) bond motifs is 2. The van der Waals surface area contributed by atoms with Crippen LogP contribution in [-0.2, 0) is 22.5 Å². The highest BCUT2D eigenvalue weighted by molar-refractivity contribution is 7.99. The van der Waals surface area contributed by atoms with Gasteiger partial charge < -0.3 is 19.2 Å². The molecule has 0 spiro atoms. The van der Waals surface area contributed by atoms with Crippen LogP contribution >= 0.6 is 11.8 Å². The van der Waals surface area contributed by atoms with Crippen LogP contribution in [0.25, 0.3) is 11.2 Å². The number of amides is 1. The largest absolute Gasteiger partial charge is 0.376 e. The first-order valence-corrected chi connectivity index (χ1v) is 11.3. The summed E-state index contributed by atoms with van der Waals surface area (Å²) in [7, 11) is 0. The fraction of sp³-hybridized carbons (Fsp3) is 0.429. The second-order valence-electron chi connectivity index (χ2n) is 7.61. The molecule has 1 unspecified atom stereocenters. The molecule has 2 aromatic heterocycles. The minimum absolute atomic E-state index is 0.0461. The van der Waals surface area contributed by atoms with Crippen LogP contribution in [0.2, 0.25) is 0 Å². The molecule has 1 fully saturated rings. The fourth-order valence-corrected chi connectivity index (χ4v) is 5.07. The zero-order valence-corrected chi connectivity index (χ0v) is 17.4. The van der Waals surface area contributed by atoms with Crippen LogP contribution in [0.1, 0.15) is 24.8 Å². The van der Waals surface area contributed by atoms with Crippen molar-refractivity contribution in [1.82, 2.24) is 19.5 Å². The van der Waals surface area contributed by atoms with E-state index in [-0.39, 0.29) is 23.3 Å². The molecule has 0 radical (unpaired) electrons. The zero-order chi connectivity index (χ0) is 20.5. The standard InChI is InChI=1S/C21H23N5O3S/c27-17(25-9-3-6-14-5-1-2-8-16(14)25)12-30-21-24-18-19(22-13-23-20(18)28)26(21)11-15-7-4-10-29-15/h1-2,5,8,13,15H,3-4,6-7,9-12H2,(H,22,23,28). The summed E-state index contributed by atoms with van der Waals surface area (Å²) < 4.78 is 7.69. The van der Waals surface area contributed by atoms with Gasteiger partial charge in [-0.05, 0) is 37.3 Å². The molecular formula is C21H23N5O3S. The average molecular weight is 426 g/mol. The first kappa shape index (κ1) is 19.3. The predicted molar refractivity (Wildman–Crippen MR) is 115 cm³/mol. The third-order valence-corrected chi connectivity index (χ3v) is 6.61. The Morgan fingerprint density at radius 3 is 3.07 bits per heavy atom. The number of thioether (sulfide) groups is 1. The van der Waals surface area contributed by atoms with E-state index in [1.807, 2.05) is 27.7 Å². The second kappa shape index (κ2) is 8.23. The number of aryl methyl sites for hydroxylation is 1. The summed E-state index contributed by atoms with van der Waals surface area (Å²) in [6, 6.07) is 8.07. The normalized spacial score (nSPS) is 18.7. The van der Waals surface area contributed by atoms with E-state index in [2.05, 4.69) is 21.0 Å². The molecule has 8 nitrogen and oxygen atoms in total. The predicted octanol–water partition coefficient (Wildman–Crippen LogP) is 2.37. The fourth-order valence-electron chi connectivity index (χ4n) is 4.19. The lowest BCUT2D eigenvalue weighted by atomic mass is 10.0. The van der Waals surface area contributed by atoms with E-state index in [9.17, 15) is 9.59 Å². The Labute approximate surface area is 177 Å². The van der Waals surface area contributed by atoms with Gasteiger partial charge in [0, 0.05) is 18.8 Å². The van der Waals surface area contributed by atoms with Crippen molar-refractivity contribution in [3.05, 3.63) is 46.5 Å². The van der Waals surface area contributed by atoms with Crippen LogP contribution in [0.4, 0.5) is 5.69 Å². The van der Waals surface area contributed by atoms with E-state index in [0.29, 0.717) is 22.9 Å². The number of hydrogen-bond donors (Lipinski definition) is 1. The molecule has 30 heavy (non-hydrogen) atoms. The number of nitrogens with zero attached hydrogens (tertiary/aromatic N) is 4. The van der Waals surface area contributed by atoms with Crippen LogP contribution < -0.4 is 10.5 Å². The van der Waals surface area contributed by atoms with E-state index < -0.39 is 0 Å². The summed E-state index contributed by atoms with van der Waals surface area (Å²) in [5.74, 6) is 0.297. The summed E-state index contributed by atoms with van der Waals surface area (Å²) in [4.78, 5) is 38.5. The molecule has 0 saturated carbocycles. The highest BCUT2D eigenvalue weighted by Gasteiger charge is 2.25. The Morgan fingerprint density at radius 2 is 2.20 bits per heavy atom. The summed E-state index contributed by atoms with van der Waals surface area (Å²) >= 11 is 1.35. The molecule has 1 saturated heterocycles. The van der Waals surface area contributed by atoms with Gasteiger partial charge in [-0.3, -0.25) is 9.59 Å². The van der Waals surface area contributed by atoms with Gasteiger partial charge in [-0.2, -0.15) is 0 Å². The number of aromatic nitrogens is 4. The van der Waals surface area contributed by atoms with Crippen LogP contribution in [0.5, 0.6) is 0 Å². The van der Waals surface area contributed by atoms with Gasteiger partial charge in [0.2, 0.25) is 5.91 Å². The Bertz CT molecular complexity index is 1140. The molecule has 9 heteroatoms. The molecule has 3 aromatic rings. The van der Waals surface area contributed by atoms with E-state index >= 15 is 0 Å². The quantitative estimate of drug-likeness (QED) is 0.631. The van der Waals surface area contributed by atoms with Crippen LogP contribution in [0.15, 0.2) is 40.5 Å². The molecule has 1 N–H and O–H groups in total.